The van der Waals surface area contributed by atoms with E-state index in [0.717, 1.165) is 4.88 Å². The van der Waals surface area contributed by atoms with Crippen LogP contribution in [0.25, 0.3) is 10.4 Å². The zero-order valence-electron chi connectivity index (χ0n) is 15.1. The summed E-state index contributed by atoms with van der Waals surface area (Å²) in [6.07, 6.45) is 0. The van der Waals surface area contributed by atoms with Gasteiger partial charge >= 0.3 is 5.97 Å². The molecular weight excluding hydrogens is 392 g/mol. The molecule has 0 amide bonds. The fraction of sp³-hybridized carbons (Fsp3) is 0.278. The van der Waals surface area contributed by atoms with Crippen molar-refractivity contribution in [3.63, 3.8) is 0 Å². The van der Waals surface area contributed by atoms with Crippen molar-refractivity contribution in [2.24, 2.45) is 12.0 Å². The molecule has 9 heteroatoms. The lowest BCUT2D eigenvalue weighted by molar-refractivity contribution is -0.138. The van der Waals surface area contributed by atoms with Gasteiger partial charge in [0.2, 0.25) is 0 Å². The molecule has 27 heavy (non-hydrogen) atoms. The average molecular weight is 409 g/mol. The van der Waals surface area contributed by atoms with Crippen LogP contribution in [0.1, 0.15) is 29.1 Å². The lowest BCUT2D eigenvalue weighted by Gasteiger charge is -2.07. The van der Waals surface area contributed by atoms with Gasteiger partial charge in [-0.1, -0.05) is 6.07 Å². The van der Waals surface area contributed by atoms with Crippen molar-refractivity contribution in [2.75, 3.05) is 0 Å². The number of benzene rings is 1. The highest BCUT2D eigenvalue weighted by Gasteiger charge is 2.24. The normalized spacial score (nSPS) is 13.2. The van der Waals surface area contributed by atoms with Crippen molar-refractivity contribution >= 4 is 34.3 Å². The molecule has 142 valence electrons. The molecular formula is C18H17F2N3O2S2. The third-order valence-electron chi connectivity index (χ3n) is 4.16. The summed E-state index contributed by atoms with van der Waals surface area (Å²) in [5, 5.41) is 13.6. The number of hydrogen-bond donors (Lipinski definition) is 1. The number of rotatable bonds is 4. The van der Waals surface area contributed by atoms with Crippen LogP contribution >= 0.6 is 22.7 Å². The summed E-state index contributed by atoms with van der Waals surface area (Å²) in [6, 6.07) is 3.76. The lowest BCUT2D eigenvalue weighted by atomic mass is 10.1. The summed E-state index contributed by atoms with van der Waals surface area (Å²) in [5.41, 5.74) is 1.49. The maximum Gasteiger partial charge on any atom is 0.312 e. The van der Waals surface area contributed by atoms with Crippen LogP contribution in [0.2, 0.25) is 0 Å². The number of aromatic nitrogens is 2. The number of nitrogens with zero attached hydrogens (tertiary/aromatic N) is 3. The van der Waals surface area contributed by atoms with E-state index < -0.39 is 23.5 Å². The molecule has 1 N–H and O–H groups in total. The molecule has 0 bridgehead atoms. The molecule has 0 aliphatic heterocycles. The molecule has 0 spiro atoms. The maximum atomic E-state index is 14.1. The molecule has 1 atom stereocenters. The van der Waals surface area contributed by atoms with Crippen LogP contribution in [0.5, 0.6) is 0 Å². The number of hydrogen-bond acceptors (Lipinski definition) is 5. The number of carbonyl (C=O) groups is 1. The van der Waals surface area contributed by atoms with Gasteiger partial charge in [0.05, 0.1) is 27.7 Å². The van der Waals surface area contributed by atoms with E-state index in [0.29, 0.717) is 25.9 Å². The van der Waals surface area contributed by atoms with E-state index in [1.54, 1.807) is 27.8 Å². The van der Waals surface area contributed by atoms with Crippen LogP contribution in [0.4, 0.5) is 14.5 Å². The Labute approximate surface area is 162 Å². The first-order valence-corrected chi connectivity index (χ1v) is 9.70. The predicted octanol–water partition coefficient (Wildman–Crippen LogP) is 4.53. The third kappa shape index (κ3) is 3.57. The van der Waals surface area contributed by atoms with Gasteiger partial charge in [0.15, 0.2) is 3.98 Å². The molecule has 2 heterocycles. The van der Waals surface area contributed by atoms with Crippen LogP contribution < -0.4 is 3.98 Å². The molecule has 1 unspecified atom stereocenters. The number of carboxylic acids is 1. The molecule has 0 saturated carbocycles. The predicted molar refractivity (Wildman–Crippen MR) is 102 cm³/mol. The third-order valence-corrected chi connectivity index (χ3v) is 6.54. The van der Waals surface area contributed by atoms with Gasteiger partial charge in [0.1, 0.15) is 17.3 Å². The standard InChI is InChI=1S/C18H17F2N3O2S2/c1-8(17(24)25)15-14(9(2)22-23(15)4)21-18-26-10(3)16(27-18)13-11(19)6-5-7-12(13)20/h5-8H,1-4H3,(H,24,25). The maximum absolute atomic E-state index is 14.1. The van der Waals surface area contributed by atoms with Gasteiger partial charge in [-0.15, -0.1) is 22.7 Å². The second kappa shape index (κ2) is 7.32. The van der Waals surface area contributed by atoms with Crippen LogP contribution in [0.15, 0.2) is 23.2 Å². The first kappa shape index (κ1) is 19.4. The molecule has 3 aromatic rings. The van der Waals surface area contributed by atoms with Crippen molar-refractivity contribution in [3.8, 4) is 10.4 Å². The van der Waals surface area contributed by atoms with Gasteiger partial charge in [-0.05, 0) is 32.9 Å². The molecule has 5 nitrogen and oxygen atoms in total. The Morgan fingerprint density at radius 1 is 1.26 bits per heavy atom. The quantitative estimate of drug-likeness (QED) is 0.689. The van der Waals surface area contributed by atoms with Gasteiger partial charge in [0, 0.05) is 11.9 Å². The van der Waals surface area contributed by atoms with Crippen molar-refractivity contribution in [3.05, 3.63) is 50.1 Å². The van der Waals surface area contributed by atoms with Gasteiger partial charge in [-0.2, -0.15) is 5.10 Å². The second-order valence-corrected chi connectivity index (χ2v) is 8.53. The lowest BCUT2D eigenvalue weighted by Crippen LogP contribution is -2.12. The summed E-state index contributed by atoms with van der Waals surface area (Å²) >= 11 is 2.47. The van der Waals surface area contributed by atoms with Gasteiger partial charge in [-0.3, -0.25) is 9.48 Å². The molecule has 2 aromatic heterocycles. The Bertz CT molecular complexity index is 1080. The number of carboxylic acid groups (broad SMARTS) is 1. The Morgan fingerprint density at radius 3 is 2.48 bits per heavy atom. The summed E-state index contributed by atoms with van der Waals surface area (Å²) in [6.45, 7) is 5.10. The Balaban J connectivity index is 2.18. The van der Waals surface area contributed by atoms with E-state index in [9.17, 15) is 18.7 Å². The topological polar surface area (TPSA) is 67.5 Å². The van der Waals surface area contributed by atoms with E-state index >= 15 is 0 Å². The largest absolute Gasteiger partial charge is 0.481 e. The van der Waals surface area contributed by atoms with Gasteiger partial charge < -0.3 is 5.11 Å². The number of aryl methyl sites for hydroxylation is 3. The van der Waals surface area contributed by atoms with E-state index in [1.807, 2.05) is 0 Å². The molecule has 0 saturated heterocycles. The zero-order chi connectivity index (χ0) is 19.9. The smallest absolute Gasteiger partial charge is 0.312 e. The summed E-state index contributed by atoms with van der Waals surface area (Å²) in [7, 11) is 1.67. The highest BCUT2D eigenvalue weighted by atomic mass is 32.2. The molecule has 3 rings (SSSR count). The van der Waals surface area contributed by atoms with Crippen molar-refractivity contribution in [1.29, 1.82) is 0 Å². The highest BCUT2D eigenvalue weighted by Crippen LogP contribution is 2.35. The summed E-state index contributed by atoms with van der Waals surface area (Å²) in [5.74, 6) is -3.02. The van der Waals surface area contributed by atoms with Gasteiger partial charge in [-0.25, -0.2) is 13.8 Å². The fourth-order valence-corrected chi connectivity index (χ4v) is 5.23. The van der Waals surface area contributed by atoms with Crippen LogP contribution in [-0.2, 0) is 11.8 Å². The van der Waals surface area contributed by atoms with Crippen molar-refractivity contribution in [1.82, 2.24) is 9.78 Å². The molecule has 1 aromatic carbocycles. The Hall–Kier alpha value is -2.39. The van der Waals surface area contributed by atoms with Gasteiger partial charge in [0.25, 0.3) is 0 Å². The highest BCUT2D eigenvalue weighted by molar-refractivity contribution is 7.29. The minimum absolute atomic E-state index is 0.0697. The number of halogens is 2. The molecule has 0 radical (unpaired) electrons. The van der Waals surface area contributed by atoms with Crippen LogP contribution in [0, 0.1) is 25.5 Å². The van der Waals surface area contributed by atoms with E-state index in [2.05, 4.69) is 10.1 Å². The van der Waals surface area contributed by atoms with Crippen LogP contribution in [-0.4, -0.2) is 20.9 Å². The monoisotopic (exact) mass is 409 g/mol. The fourth-order valence-electron chi connectivity index (χ4n) is 2.84. The van der Waals surface area contributed by atoms with E-state index in [-0.39, 0.29) is 5.56 Å². The minimum atomic E-state index is -0.977. The molecule has 0 aliphatic rings. The minimum Gasteiger partial charge on any atom is -0.481 e. The first-order valence-electron chi connectivity index (χ1n) is 8.06. The summed E-state index contributed by atoms with van der Waals surface area (Å²) < 4.78 is 30.4. The van der Waals surface area contributed by atoms with E-state index in [4.69, 9.17) is 0 Å². The second-order valence-electron chi connectivity index (χ2n) is 6.07. The Morgan fingerprint density at radius 2 is 1.89 bits per heavy atom. The van der Waals surface area contributed by atoms with Crippen LogP contribution in [0.3, 0.4) is 0 Å². The first-order chi connectivity index (χ1) is 12.7. The Kier molecular flexibility index (Phi) is 5.25. The number of aliphatic carboxylic acids is 1. The summed E-state index contributed by atoms with van der Waals surface area (Å²) in [4.78, 5) is 17.2. The molecule has 0 fully saturated rings. The molecule has 0 aliphatic carbocycles. The van der Waals surface area contributed by atoms with Crippen molar-refractivity contribution < 1.29 is 18.7 Å². The zero-order valence-corrected chi connectivity index (χ0v) is 16.7. The average Bonchev–Trinajstić information content (AvgIpc) is 3.06. The SMILES string of the molecule is Cc1nn(C)c(C(C)C(=O)O)c1N=c1sc(C)c(-c2c(F)cccc2F)s1. The van der Waals surface area contributed by atoms with Crippen molar-refractivity contribution in [2.45, 2.75) is 26.7 Å². The van der Waals surface area contributed by atoms with E-state index in [1.165, 1.54) is 45.6 Å².